The van der Waals surface area contributed by atoms with Gasteiger partial charge >= 0.3 is 0 Å². The summed E-state index contributed by atoms with van der Waals surface area (Å²) < 4.78 is 8.19. The average molecular weight is 197 g/mol. The quantitative estimate of drug-likeness (QED) is 0.735. The van der Waals surface area contributed by atoms with Gasteiger partial charge in [0.1, 0.15) is 0 Å². The van der Waals surface area contributed by atoms with Gasteiger partial charge in [-0.1, -0.05) is 5.57 Å². The first kappa shape index (κ1) is 10.3. The Morgan fingerprint density at radius 2 is 2.54 bits per heavy atom. The van der Waals surface area contributed by atoms with Crippen molar-refractivity contribution in [3.8, 4) is 0 Å². The van der Waals surface area contributed by atoms with E-state index in [0.29, 0.717) is 6.04 Å². The summed E-state index contributed by atoms with van der Waals surface area (Å²) >= 11 is 1.26. The summed E-state index contributed by atoms with van der Waals surface area (Å²) in [6.07, 6.45) is 3.89. The molecule has 13 heavy (non-hydrogen) atoms. The van der Waals surface area contributed by atoms with Crippen LogP contribution in [0.4, 0.5) is 0 Å². The van der Waals surface area contributed by atoms with Crippen LogP contribution in [0, 0.1) is 0 Å². The first-order valence-electron chi connectivity index (χ1n) is 4.33. The van der Waals surface area contributed by atoms with Crippen molar-refractivity contribution in [1.29, 1.82) is 0 Å². The van der Waals surface area contributed by atoms with Gasteiger partial charge < -0.3 is 5.32 Å². The number of allylic oxidation sites excluding steroid dienone is 1. The molecule has 0 aliphatic carbocycles. The second-order valence-electron chi connectivity index (χ2n) is 3.17. The molecule has 0 saturated carbocycles. The molecular formula is C9H15N3S. The number of nitrogens with one attached hydrogen (secondary N) is 1. The van der Waals surface area contributed by atoms with Crippen LogP contribution in [0.15, 0.2) is 18.3 Å². The van der Waals surface area contributed by atoms with Gasteiger partial charge in [0.15, 0.2) is 0 Å². The standard InChI is InChI=1S/C9H15N3S/c1-7(2)4-5-8(10-3)9-6-11-13-12-9/h6,8,10H,1,4-5H2,2-3H3. The summed E-state index contributed by atoms with van der Waals surface area (Å²) in [5.74, 6) is 0. The van der Waals surface area contributed by atoms with Crippen LogP contribution in [-0.4, -0.2) is 15.8 Å². The fraction of sp³-hybridized carbons (Fsp3) is 0.556. The molecule has 0 radical (unpaired) electrons. The van der Waals surface area contributed by atoms with E-state index in [1.54, 1.807) is 0 Å². The minimum atomic E-state index is 0.315. The molecule has 3 nitrogen and oxygen atoms in total. The van der Waals surface area contributed by atoms with E-state index in [-0.39, 0.29) is 0 Å². The van der Waals surface area contributed by atoms with E-state index < -0.39 is 0 Å². The highest BCUT2D eigenvalue weighted by Gasteiger charge is 2.10. The number of hydrogen-bond acceptors (Lipinski definition) is 4. The number of rotatable bonds is 5. The van der Waals surface area contributed by atoms with Crippen LogP contribution >= 0.6 is 11.7 Å². The Bertz CT molecular complexity index is 256. The second-order valence-corrected chi connectivity index (χ2v) is 3.73. The summed E-state index contributed by atoms with van der Waals surface area (Å²) in [4.78, 5) is 0. The molecule has 1 N–H and O–H groups in total. The van der Waals surface area contributed by atoms with E-state index in [4.69, 9.17) is 0 Å². The molecule has 0 aromatic carbocycles. The number of hydrogen-bond donors (Lipinski definition) is 1. The normalized spacial score (nSPS) is 12.8. The molecular weight excluding hydrogens is 182 g/mol. The largest absolute Gasteiger partial charge is 0.312 e. The molecule has 0 fully saturated rings. The van der Waals surface area contributed by atoms with Gasteiger partial charge in [0.05, 0.1) is 29.7 Å². The Morgan fingerprint density at radius 1 is 1.77 bits per heavy atom. The van der Waals surface area contributed by atoms with Crippen molar-refractivity contribution >= 4 is 11.7 Å². The lowest BCUT2D eigenvalue weighted by Crippen LogP contribution is -2.16. The van der Waals surface area contributed by atoms with Crippen molar-refractivity contribution in [3.05, 3.63) is 24.0 Å². The van der Waals surface area contributed by atoms with Gasteiger partial charge in [-0.2, -0.15) is 8.75 Å². The molecule has 1 unspecified atom stereocenters. The topological polar surface area (TPSA) is 37.8 Å². The predicted octanol–water partition coefficient (Wildman–Crippen LogP) is 2.15. The zero-order valence-electron chi connectivity index (χ0n) is 8.08. The van der Waals surface area contributed by atoms with Gasteiger partial charge in [-0.25, -0.2) is 0 Å². The maximum Gasteiger partial charge on any atom is 0.0912 e. The van der Waals surface area contributed by atoms with E-state index in [1.165, 1.54) is 17.3 Å². The summed E-state index contributed by atoms with van der Waals surface area (Å²) in [5.41, 5.74) is 2.25. The third kappa shape index (κ3) is 3.24. The smallest absolute Gasteiger partial charge is 0.0912 e. The summed E-state index contributed by atoms with van der Waals surface area (Å²) in [5, 5.41) is 3.22. The molecule has 0 aliphatic rings. The van der Waals surface area contributed by atoms with Gasteiger partial charge in [0.25, 0.3) is 0 Å². The predicted molar refractivity (Wildman–Crippen MR) is 55.8 cm³/mol. The molecule has 1 aromatic heterocycles. The van der Waals surface area contributed by atoms with Crippen LogP contribution in [0.5, 0.6) is 0 Å². The average Bonchev–Trinajstić information content (AvgIpc) is 2.58. The Labute approximate surface area is 83.2 Å². The molecule has 4 heteroatoms. The number of aromatic nitrogens is 2. The third-order valence-electron chi connectivity index (χ3n) is 1.94. The van der Waals surface area contributed by atoms with Crippen LogP contribution < -0.4 is 5.32 Å². The zero-order valence-corrected chi connectivity index (χ0v) is 8.90. The van der Waals surface area contributed by atoms with Crippen molar-refractivity contribution in [2.45, 2.75) is 25.8 Å². The Balaban J connectivity index is 2.49. The highest BCUT2D eigenvalue weighted by atomic mass is 32.1. The maximum absolute atomic E-state index is 4.20. The summed E-state index contributed by atoms with van der Waals surface area (Å²) in [7, 11) is 1.95. The van der Waals surface area contributed by atoms with E-state index in [0.717, 1.165) is 18.5 Å². The minimum Gasteiger partial charge on any atom is -0.312 e. The summed E-state index contributed by atoms with van der Waals surface area (Å²) in [6.45, 7) is 5.93. The molecule has 72 valence electrons. The molecule has 0 aliphatic heterocycles. The van der Waals surface area contributed by atoms with Crippen LogP contribution in [-0.2, 0) is 0 Å². The lowest BCUT2D eigenvalue weighted by molar-refractivity contribution is 0.538. The van der Waals surface area contributed by atoms with Crippen LogP contribution in [0.25, 0.3) is 0 Å². The highest BCUT2D eigenvalue weighted by molar-refractivity contribution is 6.99. The van der Waals surface area contributed by atoms with E-state index in [2.05, 4.69) is 20.6 Å². The fourth-order valence-electron chi connectivity index (χ4n) is 1.16. The molecule has 0 bridgehead atoms. The molecule has 1 aromatic rings. The van der Waals surface area contributed by atoms with Crippen molar-refractivity contribution in [2.75, 3.05) is 7.05 Å². The van der Waals surface area contributed by atoms with Gasteiger partial charge in [-0.3, -0.25) is 0 Å². The minimum absolute atomic E-state index is 0.315. The van der Waals surface area contributed by atoms with E-state index in [1.807, 2.05) is 20.2 Å². The monoisotopic (exact) mass is 197 g/mol. The van der Waals surface area contributed by atoms with Gasteiger partial charge in [-0.05, 0) is 26.8 Å². The Hall–Kier alpha value is -0.740. The van der Waals surface area contributed by atoms with Gasteiger partial charge in [0.2, 0.25) is 0 Å². The van der Waals surface area contributed by atoms with Crippen LogP contribution in [0.3, 0.4) is 0 Å². The first-order valence-corrected chi connectivity index (χ1v) is 5.06. The second kappa shape index (κ2) is 5.09. The Morgan fingerprint density at radius 3 is 3.00 bits per heavy atom. The molecule has 1 rings (SSSR count). The van der Waals surface area contributed by atoms with Gasteiger partial charge in [-0.15, -0.1) is 6.58 Å². The molecule has 0 spiro atoms. The van der Waals surface area contributed by atoms with Crippen molar-refractivity contribution in [3.63, 3.8) is 0 Å². The van der Waals surface area contributed by atoms with Crippen LogP contribution in [0.1, 0.15) is 31.5 Å². The third-order valence-corrected chi connectivity index (χ3v) is 2.44. The van der Waals surface area contributed by atoms with Crippen molar-refractivity contribution in [1.82, 2.24) is 14.1 Å². The lowest BCUT2D eigenvalue weighted by Gasteiger charge is -2.12. The molecule has 0 amide bonds. The number of nitrogens with zero attached hydrogens (tertiary/aromatic N) is 2. The zero-order chi connectivity index (χ0) is 9.68. The maximum atomic E-state index is 4.20. The first-order chi connectivity index (χ1) is 6.24. The van der Waals surface area contributed by atoms with Gasteiger partial charge in [0, 0.05) is 0 Å². The van der Waals surface area contributed by atoms with E-state index >= 15 is 0 Å². The summed E-state index contributed by atoms with van der Waals surface area (Å²) in [6, 6.07) is 0.315. The Kier molecular flexibility index (Phi) is 4.05. The molecule has 0 saturated heterocycles. The van der Waals surface area contributed by atoms with Crippen molar-refractivity contribution in [2.24, 2.45) is 0 Å². The van der Waals surface area contributed by atoms with Crippen molar-refractivity contribution < 1.29 is 0 Å². The lowest BCUT2D eigenvalue weighted by atomic mass is 10.1. The SMILES string of the molecule is C=C(C)CCC(NC)c1cnsn1. The van der Waals surface area contributed by atoms with E-state index in [9.17, 15) is 0 Å². The highest BCUT2D eigenvalue weighted by Crippen LogP contribution is 2.17. The molecule has 1 heterocycles. The van der Waals surface area contributed by atoms with Crippen LogP contribution in [0.2, 0.25) is 0 Å². The fourth-order valence-corrected chi connectivity index (χ4v) is 1.63. The molecule has 1 atom stereocenters.